The van der Waals surface area contributed by atoms with E-state index in [0.717, 1.165) is 17.8 Å². The fourth-order valence-corrected chi connectivity index (χ4v) is 5.21. The van der Waals surface area contributed by atoms with Crippen LogP contribution in [-0.2, 0) is 0 Å². The van der Waals surface area contributed by atoms with Gasteiger partial charge in [-0.3, -0.25) is 11.3 Å². The SMILES string of the molecule is CC1CC(C)CC(C(NN)C2(N(C)C)CCCCC2)C1. The first kappa shape index (κ1) is 16.3. The van der Waals surface area contributed by atoms with E-state index in [4.69, 9.17) is 5.84 Å². The van der Waals surface area contributed by atoms with Crippen LogP contribution in [-0.4, -0.2) is 30.6 Å². The Morgan fingerprint density at radius 2 is 1.55 bits per heavy atom. The second-order valence-corrected chi connectivity index (χ2v) is 7.88. The van der Waals surface area contributed by atoms with E-state index in [9.17, 15) is 0 Å². The zero-order valence-corrected chi connectivity index (χ0v) is 14.0. The highest BCUT2D eigenvalue weighted by molar-refractivity contribution is 5.03. The second kappa shape index (κ2) is 6.76. The van der Waals surface area contributed by atoms with Crippen molar-refractivity contribution in [2.75, 3.05) is 14.1 Å². The van der Waals surface area contributed by atoms with Gasteiger partial charge in [0.25, 0.3) is 0 Å². The average Bonchev–Trinajstić information content (AvgIpc) is 2.39. The topological polar surface area (TPSA) is 41.3 Å². The molecule has 0 aliphatic heterocycles. The van der Waals surface area contributed by atoms with Crippen LogP contribution in [0.25, 0.3) is 0 Å². The highest BCUT2D eigenvalue weighted by Gasteiger charge is 2.46. The molecule has 118 valence electrons. The summed E-state index contributed by atoms with van der Waals surface area (Å²) >= 11 is 0. The molecule has 3 atom stereocenters. The molecule has 0 aromatic carbocycles. The summed E-state index contributed by atoms with van der Waals surface area (Å²) in [5, 5.41) is 0. The minimum absolute atomic E-state index is 0.272. The normalized spacial score (nSPS) is 36.0. The molecule has 0 aromatic heterocycles. The Morgan fingerprint density at radius 3 is 2.00 bits per heavy atom. The van der Waals surface area contributed by atoms with Crippen LogP contribution < -0.4 is 11.3 Å². The van der Waals surface area contributed by atoms with Crippen LogP contribution >= 0.6 is 0 Å². The molecule has 0 amide bonds. The van der Waals surface area contributed by atoms with E-state index < -0.39 is 0 Å². The first-order valence-corrected chi connectivity index (χ1v) is 8.63. The number of rotatable bonds is 4. The van der Waals surface area contributed by atoms with Gasteiger partial charge in [-0.05, 0) is 64.0 Å². The van der Waals surface area contributed by atoms with Crippen LogP contribution in [0.1, 0.15) is 65.2 Å². The Hall–Kier alpha value is -0.120. The van der Waals surface area contributed by atoms with E-state index in [1.807, 2.05) is 0 Å². The van der Waals surface area contributed by atoms with Crippen molar-refractivity contribution in [3.8, 4) is 0 Å². The minimum Gasteiger partial charge on any atom is -0.302 e. The van der Waals surface area contributed by atoms with Crippen LogP contribution in [0.3, 0.4) is 0 Å². The lowest BCUT2D eigenvalue weighted by Crippen LogP contribution is -2.64. The molecule has 0 heterocycles. The van der Waals surface area contributed by atoms with E-state index in [-0.39, 0.29) is 5.54 Å². The molecule has 0 spiro atoms. The minimum atomic E-state index is 0.272. The summed E-state index contributed by atoms with van der Waals surface area (Å²) in [5.41, 5.74) is 3.54. The predicted octanol–water partition coefficient (Wildman–Crippen LogP) is 3.16. The van der Waals surface area contributed by atoms with Gasteiger partial charge in [0.15, 0.2) is 0 Å². The lowest BCUT2D eigenvalue weighted by Gasteiger charge is -2.52. The Morgan fingerprint density at radius 1 is 1.00 bits per heavy atom. The van der Waals surface area contributed by atoms with Crippen LogP contribution in [0.4, 0.5) is 0 Å². The van der Waals surface area contributed by atoms with Crippen molar-refractivity contribution in [2.45, 2.75) is 76.8 Å². The molecule has 2 fully saturated rings. The highest BCUT2D eigenvalue weighted by atomic mass is 15.3. The third-order valence-electron chi connectivity index (χ3n) is 6.05. The second-order valence-electron chi connectivity index (χ2n) is 7.88. The van der Waals surface area contributed by atoms with Gasteiger partial charge < -0.3 is 4.90 Å². The van der Waals surface area contributed by atoms with Gasteiger partial charge in [0.05, 0.1) is 0 Å². The molecular weight excluding hydrogens is 246 g/mol. The summed E-state index contributed by atoms with van der Waals surface area (Å²) in [6.07, 6.45) is 10.8. The predicted molar refractivity (Wildman–Crippen MR) is 86.3 cm³/mol. The zero-order chi connectivity index (χ0) is 14.8. The number of hydrogen-bond acceptors (Lipinski definition) is 3. The smallest absolute Gasteiger partial charge is 0.0422 e. The van der Waals surface area contributed by atoms with Crippen molar-refractivity contribution in [1.82, 2.24) is 10.3 Å². The summed E-state index contributed by atoms with van der Waals surface area (Å²) in [6, 6.07) is 0.447. The van der Waals surface area contributed by atoms with Crippen molar-refractivity contribution in [3.63, 3.8) is 0 Å². The van der Waals surface area contributed by atoms with Gasteiger partial charge in [-0.2, -0.15) is 0 Å². The number of hydrogen-bond donors (Lipinski definition) is 2. The summed E-state index contributed by atoms with van der Waals surface area (Å²) < 4.78 is 0. The molecule has 2 saturated carbocycles. The number of nitrogens with one attached hydrogen (secondary N) is 1. The molecule has 0 radical (unpaired) electrons. The average molecular weight is 281 g/mol. The van der Waals surface area contributed by atoms with Crippen molar-refractivity contribution in [3.05, 3.63) is 0 Å². The molecule has 2 rings (SSSR count). The van der Waals surface area contributed by atoms with Crippen LogP contribution in [0.2, 0.25) is 0 Å². The van der Waals surface area contributed by atoms with Gasteiger partial charge >= 0.3 is 0 Å². The summed E-state index contributed by atoms with van der Waals surface area (Å²) in [5.74, 6) is 8.51. The quantitative estimate of drug-likeness (QED) is 0.614. The van der Waals surface area contributed by atoms with Crippen LogP contribution in [0.5, 0.6) is 0 Å². The maximum atomic E-state index is 6.07. The molecule has 0 bridgehead atoms. The van der Waals surface area contributed by atoms with Gasteiger partial charge in [0, 0.05) is 11.6 Å². The Bertz CT molecular complexity index is 287. The van der Waals surface area contributed by atoms with E-state index in [1.54, 1.807) is 0 Å². The van der Waals surface area contributed by atoms with E-state index in [2.05, 4.69) is 38.3 Å². The fourth-order valence-electron chi connectivity index (χ4n) is 5.21. The van der Waals surface area contributed by atoms with Crippen molar-refractivity contribution in [2.24, 2.45) is 23.6 Å². The van der Waals surface area contributed by atoms with Gasteiger partial charge in [0.1, 0.15) is 0 Å². The summed E-state index contributed by atoms with van der Waals surface area (Å²) in [7, 11) is 4.51. The number of nitrogens with two attached hydrogens (primary N) is 1. The maximum absolute atomic E-state index is 6.07. The first-order chi connectivity index (χ1) is 9.49. The van der Waals surface area contributed by atoms with Crippen molar-refractivity contribution in [1.29, 1.82) is 0 Å². The number of hydrazine groups is 1. The standard InChI is InChI=1S/C17H35N3/c1-13-10-14(2)12-15(11-13)16(19-18)17(20(3)4)8-6-5-7-9-17/h13-16,19H,5-12,18H2,1-4H3. The molecule has 3 unspecified atom stereocenters. The van der Waals surface area contributed by atoms with Gasteiger partial charge in [-0.15, -0.1) is 0 Å². The molecule has 0 aromatic rings. The van der Waals surface area contributed by atoms with Crippen molar-refractivity contribution >= 4 is 0 Å². The molecule has 2 aliphatic carbocycles. The highest BCUT2D eigenvalue weighted by Crippen LogP contribution is 2.43. The summed E-state index contributed by atoms with van der Waals surface area (Å²) in [6.45, 7) is 4.83. The van der Waals surface area contributed by atoms with Gasteiger partial charge in [0.2, 0.25) is 0 Å². The molecule has 2 aliphatic rings. The lowest BCUT2D eigenvalue weighted by molar-refractivity contribution is 0.0126. The first-order valence-electron chi connectivity index (χ1n) is 8.63. The van der Waals surface area contributed by atoms with E-state index in [1.165, 1.54) is 51.4 Å². The molecular formula is C17H35N3. The molecule has 20 heavy (non-hydrogen) atoms. The third kappa shape index (κ3) is 3.20. The molecule has 0 saturated heterocycles. The largest absolute Gasteiger partial charge is 0.302 e. The Kier molecular flexibility index (Phi) is 5.49. The monoisotopic (exact) mass is 281 g/mol. The Balaban J connectivity index is 2.19. The van der Waals surface area contributed by atoms with Crippen LogP contribution in [0, 0.1) is 17.8 Å². The third-order valence-corrected chi connectivity index (χ3v) is 6.05. The fraction of sp³-hybridized carbons (Fsp3) is 1.00. The van der Waals surface area contributed by atoms with Crippen molar-refractivity contribution < 1.29 is 0 Å². The van der Waals surface area contributed by atoms with Crippen LogP contribution in [0.15, 0.2) is 0 Å². The zero-order valence-electron chi connectivity index (χ0n) is 14.0. The number of nitrogens with zero attached hydrogens (tertiary/aromatic N) is 1. The van der Waals surface area contributed by atoms with E-state index >= 15 is 0 Å². The Labute approximate surface area is 125 Å². The maximum Gasteiger partial charge on any atom is 0.0422 e. The van der Waals surface area contributed by atoms with Gasteiger partial charge in [-0.25, -0.2) is 0 Å². The van der Waals surface area contributed by atoms with Gasteiger partial charge in [-0.1, -0.05) is 33.1 Å². The molecule has 3 nitrogen and oxygen atoms in total. The number of likely N-dealkylation sites (N-methyl/N-ethyl adjacent to an activating group) is 1. The molecule has 3 N–H and O–H groups in total. The lowest BCUT2D eigenvalue weighted by atomic mass is 9.65. The van der Waals surface area contributed by atoms with E-state index in [0.29, 0.717) is 6.04 Å². The molecule has 3 heteroatoms. The summed E-state index contributed by atoms with van der Waals surface area (Å²) in [4.78, 5) is 2.47.